The Hall–Kier alpha value is -3.12. The maximum atomic E-state index is 12.5. The van der Waals surface area contributed by atoms with Gasteiger partial charge in [0, 0.05) is 0 Å². The van der Waals surface area contributed by atoms with Crippen LogP contribution in [0.15, 0.2) is 48.5 Å². The lowest BCUT2D eigenvalue weighted by atomic mass is 10.1. The van der Waals surface area contributed by atoms with Gasteiger partial charge in [-0.3, -0.25) is 10.3 Å². The molecule has 2 aromatic carbocycles. The van der Waals surface area contributed by atoms with Gasteiger partial charge < -0.3 is 28.2 Å². The lowest BCUT2D eigenvalue weighted by Crippen LogP contribution is -2.36. The van der Waals surface area contributed by atoms with Crippen LogP contribution in [-0.2, 0) is 23.6 Å². The minimum absolute atomic E-state index is 0.176. The van der Waals surface area contributed by atoms with Crippen molar-refractivity contribution in [3.05, 3.63) is 59.7 Å². The second-order valence-electron chi connectivity index (χ2n) is 7.22. The van der Waals surface area contributed by atoms with E-state index in [1.807, 2.05) is 0 Å². The molecule has 2 aliphatic rings. The van der Waals surface area contributed by atoms with Gasteiger partial charge in [-0.2, -0.15) is 0 Å². The molecule has 2 aromatic rings. The fraction of sp³-hybridized carbons (Fsp3) is 0.286. The second kappa shape index (κ2) is 10.9. The van der Waals surface area contributed by atoms with Crippen LogP contribution < -0.4 is 20.9 Å². The Morgan fingerprint density at radius 2 is 1.32 bits per heavy atom. The van der Waals surface area contributed by atoms with Crippen molar-refractivity contribution in [1.82, 2.24) is 0 Å². The van der Waals surface area contributed by atoms with Crippen molar-refractivity contribution in [3.8, 4) is 11.5 Å². The molecule has 4 rings (SSSR count). The predicted octanol–water partition coefficient (Wildman–Crippen LogP) is 1.47. The normalized spacial score (nSPS) is 23.5. The first-order valence-corrected chi connectivity index (χ1v) is 11.0. The molecule has 3 unspecified atom stereocenters. The molecule has 0 bridgehead atoms. The van der Waals surface area contributed by atoms with Crippen molar-refractivity contribution in [2.45, 2.75) is 24.4 Å². The van der Waals surface area contributed by atoms with Crippen LogP contribution >= 0.6 is 8.96 Å². The molecule has 13 heteroatoms. The van der Waals surface area contributed by atoms with Crippen LogP contribution in [-0.4, -0.2) is 55.7 Å². The number of rotatable bonds is 7. The second-order valence-corrected chi connectivity index (χ2v) is 7.66. The van der Waals surface area contributed by atoms with E-state index in [4.69, 9.17) is 39.9 Å². The Labute approximate surface area is 195 Å². The summed E-state index contributed by atoms with van der Waals surface area (Å²) in [6.07, 6.45) is -2.76. The number of esters is 2. The standard InChI is InChI=1S/C21H21N2O10P/c22-32-16-10-28-17-15(9-27-18(16)17)31-20(25)12-1-5-13(6-2-12)29-19(24)11-3-7-14(8-4-11)30-21(26)33-34-23/h1-8,15-18,34H,9-10,22-23H2/t15-,16-,17?,18?/m0/s1. The van der Waals surface area contributed by atoms with Gasteiger partial charge in [0.2, 0.25) is 0 Å². The summed E-state index contributed by atoms with van der Waals surface area (Å²) in [6, 6.07) is 11.5. The molecule has 0 aromatic heterocycles. The molecule has 180 valence electrons. The third-order valence-electron chi connectivity index (χ3n) is 5.13. The molecular formula is C21H21N2O10P. The van der Waals surface area contributed by atoms with Crippen molar-refractivity contribution in [3.63, 3.8) is 0 Å². The summed E-state index contributed by atoms with van der Waals surface area (Å²) in [6.45, 7) is 0.436. The maximum Gasteiger partial charge on any atom is 0.517 e. The van der Waals surface area contributed by atoms with Crippen molar-refractivity contribution in [1.29, 1.82) is 0 Å². The van der Waals surface area contributed by atoms with E-state index >= 15 is 0 Å². The summed E-state index contributed by atoms with van der Waals surface area (Å²) in [5.74, 6) is 4.40. The van der Waals surface area contributed by atoms with E-state index in [0.717, 1.165) is 0 Å². The topological polar surface area (TPSA) is 168 Å². The van der Waals surface area contributed by atoms with Gasteiger partial charge in [0.25, 0.3) is 0 Å². The molecule has 2 aliphatic heterocycles. The third-order valence-corrected chi connectivity index (χ3v) is 5.41. The first-order valence-electron chi connectivity index (χ1n) is 10.0. The zero-order valence-electron chi connectivity index (χ0n) is 17.6. The Kier molecular flexibility index (Phi) is 7.68. The van der Waals surface area contributed by atoms with Crippen molar-refractivity contribution in [2.75, 3.05) is 13.2 Å². The quantitative estimate of drug-likeness (QED) is 0.188. The fourth-order valence-corrected chi connectivity index (χ4v) is 3.64. The Morgan fingerprint density at radius 3 is 1.91 bits per heavy atom. The van der Waals surface area contributed by atoms with Gasteiger partial charge in [0.1, 0.15) is 29.8 Å². The van der Waals surface area contributed by atoms with E-state index in [1.165, 1.54) is 48.5 Å². The van der Waals surface area contributed by atoms with Crippen LogP contribution in [0.5, 0.6) is 11.5 Å². The highest BCUT2D eigenvalue weighted by Crippen LogP contribution is 2.30. The number of carbonyl (C=O) groups excluding carboxylic acids is 3. The Morgan fingerprint density at radius 1 is 0.794 bits per heavy atom. The summed E-state index contributed by atoms with van der Waals surface area (Å²) in [4.78, 5) is 40.9. The molecule has 2 fully saturated rings. The van der Waals surface area contributed by atoms with Crippen LogP contribution in [0.2, 0.25) is 0 Å². The predicted molar refractivity (Wildman–Crippen MR) is 115 cm³/mol. The van der Waals surface area contributed by atoms with Crippen LogP contribution in [0.25, 0.3) is 0 Å². The fourth-order valence-electron chi connectivity index (χ4n) is 3.50. The monoisotopic (exact) mass is 492 g/mol. The lowest BCUT2D eigenvalue weighted by molar-refractivity contribution is -0.0423. The summed E-state index contributed by atoms with van der Waals surface area (Å²) in [5, 5.41) is 0. The third kappa shape index (κ3) is 5.50. The highest BCUT2D eigenvalue weighted by Gasteiger charge is 2.50. The van der Waals surface area contributed by atoms with Crippen LogP contribution in [0.4, 0.5) is 4.79 Å². The van der Waals surface area contributed by atoms with E-state index in [2.05, 4.69) is 4.52 Å². The first-order chi connectivity index (χ1) is 16.5. The van der Waals surface area contributed by atoms with E-state index in [1.54, 1.807) is 0 Å². The van der Waals surface area contributed by atoms with Gasteiger partial charge in [-0.25, -0.2) is 20.3 Å². The Balaban J connectivity index is 1.30. The maximum absolute atomic E-state index is 12.5. The molecule has 0 aliphatic carbocycles. The molecule has 4 N–H and O–H groups in total. The number of carbonyl (C=O) groups is 3. The number of fused-ring (bicyclic) bond motifs is 1. The zero-order valence-corrected chi connectivity index (χ0v) is 18.6. The summed E-state index contributed by atoms with van der Waals surface area (Å²) in [7, 11) is -0.533. The van der Waals surface area contributed by atoms with Crippen molar-refractivity contribution in [2.24, 2.45) is 11.4 Å². The highest BCUT2D eigenvalue weighted by molar-refractivity contribution is 7.29. The summed E-state index contributed by atoms with van der Waals surface area (Å²) >= 11 is 0. The molecule has 0 spiro atoms. The largest absolute Gasteiger partial charge is 0.517 e. The van der Waals surface area contributed by atoms with E-state index in [0.29, 0.717) is 0 Å². The van der Waals surface area contributed by atoms with Crippen molar-refractivity contribution >= 4 is 27.1 Å². The van der Waals surface area contributed by atoms with Gasteiger partial charge in [-0.1, -0.05) is 0 Å². The van der Waals surface area contributed by atoms with Gasteiger partial charge in [0.05, 0.1) is 24.3 Å². The van der Waals surface area contributed by atoms with Crippen molar-refractivity contribution < 1.29 is 47.4 Å². The summed E-state index contributed by atoms with van der Waals surface area (Å²) < 4.78 is 31.3. The minimum atomic E-state index is -0.945. The first kappa shape index (κ1) is 24.0. The van der Waals surface area contributed by atoms with E-state index in [9.17, 15) is 14.4 Å². The summed E-state index contributed by atoms with van der Waals surface area (Å²) in [5.41, 5.74) is 5.59. The number of hydrogen-bond acceptors (Lipinski definition) is 12. The average Bonchev–Trinajstić information content (AvgIpc) is 3.42. The number of nitrogens with two attached hydrogens (primary N) is 2. The van der Waals surface area contributed by atoms with Gasteiger partial charge in [-0.15, -0.1) is 0 Å². The molecule has 2 saturated heterocycles. The Bertz CT molecular complexity index is 1030. The van der Waals surface area contributed by atoms with Crippen LogP contribution in [0, 0.1) is 0 Å². The minimum Gasteiger partial charge on any atom is -0.453 e. The molecule has 2 heterocycles. The number of ether oxygens (including phenoxy) is 5. The molecule has 12 nitrogen and oxygen atoms in total. The van der Waals surface area contributed by atoms with Gasteiger partial charge in [-0.05, 0) is 48.5 Å². The van der Waals surface area contributed by atoms with E-state index < -0.39 is 45.4 Å². The molecule has 34 heavy (non-hydrogen) atoms. The van der Waals surface area contributed by atoms with Gasteiger partial charge >= 0.3 is 18.1 Å². The lowest BCUT2D eigenvalue weighted by Gasteiger charge is -2.16. The molecule has 0 radical (unpaired) electrons. The molecule has 5 atom stereocenters. The van der Waals surface area contributed by atoms with Crippen LogP contribution in [0.3, 0.4) is 0 Å². The average molecular weight is 492 g/mol. The van der Waals surface area contributed by atoms with E-state index in [-0.39, 0.29) is 41.9 Å². The van der Waals surface area contributed by atoms with Crippen LogP contribution in [0.1, 0.15) is 20.7 Å². The molecular weight excluding hydrogens is 471 g/mol. The molecule has 0 saturated carbocycles. The molecule has 0 amide bonds. The number of hydrogen-bond donors (Lipinski definition) is 2. The number of benzene rings is 2. The van der Waals surface area contributed by atoms with Gasteiger partial charge in [0.15, 0.2) is 15.1 Å². The zero-order chi connectivity index (χ0) is 24.1. The SMILES string of the molecule is NO[C@H]1COC2C1OC[C@@H]2OC(=O)c1ccc(OC(=O)c2ccc(OC(=O)OPN)cc2)cc1. The smallest absolute Gasteiger partial charge is 0.453 e. The highest BCUT2D eigenvalue weighted by atomic mass is 31.1.